The molecule has 0 aliphatic heterocycles. The Bertz CT molecular complexity index is 1080. The second kappa shape index (κ2) is 15.6. The maximum atomic E-state index is 3.30. The Balaban J connectivity index is 0.000000192. The van der Waals surface area contributed by atoms with Gasteiger partial charge in [-0.05, 0) is 12.8 Å². The van der Waals surface area contributed by atoms with Crippen molar-refractivity contribution < 1.29 is 44.0 Å². The first-order valence-corrected chi connectivity index (χ1v) is 16.7. The van der Waals surface area contributed by atoms with Crippen LogP contribution < -0.4 is 24.8 Å². The van der Waals surface area contributed by atoms with Gasteiger partial charge in [-0.25, -0.2) is 0 Å². The summed E-state index contributed by atoms with van der Waals surface area (Å²) in [5.74, 6) is 0. The summed E-state index contributed by atoms with van der Waals surface area (Å²) >= 11 is 2.44. The molecule has 4 heteroatoms. The molecule has 36 heavy (non-hydrogen) atoms. The molecule has 0 saturated carbocycles. The van der Waals surface area contributed by atoms with Gasteiger partial charge in [0, 0.05) is 0 Å². The largest absolute Gasteiger partial charge is 1.00 e. The van der Waals surface area contributed by atoms with Crippen LogP contribution in [-0.4, -0.2) is 6.19 Å². The predicted molar refractivity (Wildman–Crippen MR) is 143 cm³/mol. The minimum absolute atomic E-state index is 0. The maximum Gasteiger partial charge on any atom is -0.0253 e. The van der Waals surface area contributed by atoms with Gasteiger partial charge >= 0.3 is 64.1 Å². The summed E-state index contributed by atoms with van der Waals surface area (Å²) in [6.45, 7) is 4.56. The topological polar surface area (TPSA) is 0 Å². The van der Waals surface area contributed by atoms with Crippen molar-refractivity contribution in [3.8, 4) is 22.3 Å². The zero-order chi connectivity index (χ0) is 23.8. The molecule has 0 saturated heterocycles. The van der Waals surface area contributed by atoms with Crippen LogP contribution in [0.4, 0.5) is 0 Å². The molecule has 0 fully saturated rings. The molecule has 0 spiro atoms. The molecule has 0 amide bonds. The smallest absolute Gasteiger partial charge is 0.0253 e. The Labute approximate surface area is 242 Å². The average Bonchev–Trinajstić information content (AvgIpc) is 3.44. The van der Waals surface area contributed by atoms with Crippen molar-refractivity contribution in [3.63, 3.8) is 0 Å². The van der Waals surface area contributed by atoms with Gasteiger partial charge in [0.15, 0.2) is 0 Å². The van der Waals surface area contributed by atoms with E-state index in [0.29, 0.717) is 0 Å². The van der Waals surface area contributed by atoms with Crippen LogP contribution in [0.25, 0.3) is 22.3 Å². The minimum Gasteiger partial charge on any atom is -1.00 e. The van der Waals surface area contributed by atoms with E-state index in [4.69, 9.17) is 0 Å². The first-order chi connectivity index (χ1) is 16.7. The molecule has 0 unspecified atom stereocenters. The van der Waals surface area contributed by atoms with Gasteiger partial charge in [-0.2, -0.15) is 59.7 Å². The summed E-state index contributed by atoms with van der Waals surface area (Å²) < 4.78 is 0. The minimum atomic E-state index is 0. The van der Waals surface area contributed by atoms with Crippen LogP contribution in [0, 0.1) is 12.1 Å². The fourth-order valence-electron chi connectivity index (χ4n) is 4.72. The molecule has 0 N–H and O–H groups in total. The fraction of sp³-hybridized carbons (Fsp3) is 0.250. The van der Waals surface area contributed by atoms with Gasteiger partial charge in [0.05, 0.1) is 0 Å². The van der Waals surface area contributed by atoms with Gasteiger partial charge in [0.2, 0.25) is 0 Å². The number of rotatable bonds is 4. The zero-order valence-corrected chi connectivity index (χ0v) is 25.2. The van der Waals surface area contributed by atoms with Crippen LogP contribution in [0.15, 0.2) is 84.9 Å². The molecule has 0 atom stereocenters. The van der Waals surface area contributed by atoms with Gasteiger partial charge in [-0.15, -0.1) is 11.1 Å². The summed E-state index contributed by atoms with van der Waals surface area (Å²) in [6.07, 6.45) is 4.99. The third-order valence-corrected chi connectivity index (χ3v) is 10.9. The van der Waals surface area contributed by atoms with Crippen LogP contribution in [0.5, 0.6) is 0 Å². The van der Waals surface area contributed by atoms with Gasteiger partial charge < -0.3 is 24.8 Å². The Morgan fingerprint density at radius 3 is 1.42 bits per heavy atom. The van der Waals surface area contributed by atoms with E-state index in [2.05, 4.69) is 118 Å². The van der Waals surface area contributed by atoms with E-state index < -0.39 is 0 Å². The molecule has 0 nitrogen and oxygen atoms in total. The van der Waals surface area contributed by atoms with Crippen molar-refractivity contribution in [1.82, 2.24) is 0 Å². The zero-order valence-electron chi connectivity index (χ0n) is 21.1. The van der Waals surface area contributed by atoms with Crippen LogP contribution >= 0.6 is 0 Å². The van der Waals surface area contributed by atoms with E-state index in [9.17, 15) is 0 Å². The van der Waals surface area contributed by atoms with E-state index in [-0.39, 0.29) is 31.0 Å². The standard InChI is InChI=1S/2C13H9.C6H14Si.2ClH.Ti/c2*1-3-7-12-10(5-1)9-11-6-2-4-8-13(11)12;1-3-5-7-6-4-2;;;/h2*1-5,7-8H,9H2;3-6H2,1-2H3;2*1H;/q2*-1;;;;+2/p-2. The quantitative estimate of drug-likeness (QED) is 0.229. The van der Waals surface area contributed by atoms with Gasteiger partial charge in [-0.3, -0.25) is 0 Å². The molecular formula is C32H32Cl2SiTi-2. The Kier molecular flexibility index (Phi) is 13.3. The van der Waals surface area contributed by atoms with E-state index >= 15 is 0 Å². The van der Waals surface area contributed by atoms with E-state index in [0.717, 1.165) is 12.8 Å². The van der Waals surface area contributed by atoms with Crippen molar-refractivity contribution >= 4 is 6.19 Å². The van der Waals surface area contributed by atoms with E-state index in [1.165, 1.54) is 69.4 Å². The van der Waals surface area contributed by atoms with Gasteiger partial charge in [-0.1, -0.05) is 70.8 Å². The molecule has 0 heterocycles. The third-order valence-electron chi connectivity index (χ3n) is 6.34. The van der Waals surface area contributed by atoms with Gasteiger partial charge in [0.1, 0.15) is 0 Å². The summed E-state index contributed by atoms with van der Waals surface area (Å²) in [4.78, 5) is 0. The van der Waals surface area contributed by atoms with Crippen molar-refractivity contribution in [2.24, 2.45) is 0 Å². The number of hydrogen-bond acceptors (Lipinski definition) is 0. The number of benzene rings is 4. The molecule has 0 bridgehead atoms. The Morgan fingerprint density at radius 2 is 1.00 bits per heavy atom. The average molecular weight is 563 g/mol. The number of fused-ring (bicyclic) bond motifs is 6. The second-order valence-electron chi connectivity index (χ2n) is 8.90. The molecule has 0 radical (unpaired) electrons. The number of hydrogen-bond donors (Lipinski definition) is 0. The van der Waals surface area contributed by atoms with Crippen molar-refractivity contribution in [3.05, 3.63) is 119 Å². The summed E-state index contributed by atoms with van der Waals surface area (Å²) in [7, 11) is 0. The molecule has 2 aliphatic carbocycles. The van der Waals surface area contributed by atoms with Crippen LogP contribution in [0.3, 0.4) is 0 Å². The number of halogens is 2. The SMILES string of the molecule is CCC[Si](=[Ti+2])CCC.[Cl-].[Cl-].[c-]1cccc2c1Cc1ccccc1-2.[c-]1cccc2c1Cc1ccccc1-2. The van der Waals surface area contributed by atoms with E-state index in [1.807, 2.05) is 12.1 Å². The van der Waals surface area contributed by atoms with Crippen molar-refractivity contribution in [2.45, 2.75) is 51.6 Å². The normalized spacial score (nSPS) is 11.0. The second-order valence-corrected chi connectivity index (χ2v) is 14.4. The molecule has 4 aromatic carbocycles. The maximum absolute atomic E-state index is 3.30. The molecule has 184 valence electrons. The summed E-state index contributed by atoms with van der Waals surface area (Å²) in [6, 6.07) is 39.2. The first kappa shape index (κ1) is 30.6. The van der Waals surface area contributed by atoms with Crippen molar-refractivity contribution in [2.75, 3.05) is 0 Å². The molecule has 0 aromatic heterocycles. The monoisotopic (exact) mass is 562 g/mol. The molecule has 4 aromatic rings. The van der Waals surface area contributed by atoms with Crippen LogP contribution in [0.2, 0.25) is 12.1 Å². The summed E-state index contributed by atoms with van der Waals surface area (Å²) in [5.41, 5.74) is 11.0. The fourth-order valence-corrected chi connectivity index (χ4v) is 8.52. The molecule has 6 rings (SSSR count). The van der Waals surface area contributed by atoms with Crippen LogP contribution in [0.1, 0.15) is 48.9 Å². The third kappa shape index (κ3) is 7.70. The Morgan fingerprint density at radius 1 is 0.611 bits per heavy atom. The first-order valence-electron chi connectivity index (χ1n) is 12.4. The molecule has 2 aliphatic rings. The molecular weight excluding hydrogens is 531 g/mol. The van der Waals surface area contributed by atoms with Gasteiger partial charge in [0.25, 0.3) is 0 Å². The van der Waals surface area contributed by atoms with Crippen LogP contribution in [-0.2, 0) is 32.0 Å². The predicted octanol–water partition coefficient (Wildman–Crippen LogP) is 2.47. The Hall–Kier alpha value is -1.61. The van der Waals surface area contributed by atoms with E-state index in [1.54, 1.807) is 0 Å². The van der Waals surface area contributed by atoms with Crippen molar-refractivity contribution in [1.29, 1.82) is 0 Å². The summed E-state index contributed by atoms with van der Waals surface area (Å²) in [5, 5.41) is 0.